The Labute approximate surface area is 176 Å². The van der Waals surface area contributed by atoms with Crippen LogP contribution in [0.15, 0.2) is 42.9 Å². The Hall–Kier alpha value is -3.43. The van der Waals surface area contributed by atoms with E-state index in [0.29, 0.717) is 29.8 Å². The van der Waals surface area contributed by atoms with Crippen LogP contribution in [0, 0.1) is 0 Å². The fourth-order valence-electron chi connectivity index (χ4n) is 3.91. The first-order valence-corrected chi connectivity index (χ1v) is 9.84. The largest absolute Gasteiger partial charge is 0.416 e. The van der Waals surface area contributed by atoms with E-state index in [9.17, 15) is 18.0 Å². The first-order valence-electron chi connectivity index (χ1n) is 9.84. The van der Waals surface area contributed by atoms with Crippen LogP contribution in [0.1, 0.15) is 47.2 Å². The second-order valence-electron chi connectivity index (χ2n) is 7.48. The van der Waals surface area contributed by atoms with Crippen LogP contribution in [-0.2, 0) is 13.2 Å². The lowest BCUT2D eigenvalue weighted by atomic mass is 9.93. The van der Waals surface area contributed by atoms with Crippen molar-refractivity contribution in [3.63, 3.8) is 0 Å². The third kappa shape index (κ3) is 4.10. The maximum Gasteiger partial charge on any atom is 0.416 e. The molecule has 4 rings (SSSR count). The van der Waals surface area contributed by atoms with Gasteiger partial charge in [0.2, 0.25) is 5.95 Å². The minimum absolute atomic E-state index is 0.000639. The number of likely N-dealkylation sites (tertiary alicyclic amines) is 1. The summed E-state index contributed by atoms with van der Waals surface area (Å²) in [6.45, 7) is 0.488. The molecule has 1 aromatic carbocycles. The highest BCUT2D eigenvalue weighted by Gasteiger charge is 2.34. The Bertz CT molecular complexity index is 1110. The predicted octanol–water partition coefficient (Wildman–Crippen LogP) is 3.85. The van der Waals surface area contributed by atoms with Gasteiger partial charge in [0.15, 0.2) is 5.82 Å². The van der Waals surface area contributed by atoms with Gasteiger partial charge < -0.3 is 15.2 Å². The molecule has 1 amide bonds. The Morgan fingerprint density at radius 1 is 1.23 bits per heavy atom. The molecular formula is C21H21F3N6O. The molecule has 3 heterocycles. The van der Waals surface area contributed by atoms with Crippen molar-refractivity contribution in [3.8, 4) is 11.1 Å². The average Bonchev–Trinajstić information content (AvgIpc) is 3.18. The van der Waals surface area contributed by atoms with E-state index >= 15 is 0 Å². The number of imidazole rings is 1. The molecule has 0 radical (unpaired) electrons. The lowest BCUT2D eigenvalue weighted by molar-refractivity contribution is -0.137. The summed E-state index contributed by atoms with van der Waals surface area (Å²) < 4.78 is 41.4. The summed E-state index contributed by atoms with van der Waals surface area (Å²) in [5, 5.41) is 0. The summed E-state index contributed by atoms with van der Waals surface area (Å²) in [4.78, 5) is 27.4. The van der Waals surface area contributed by atoms with Crippen molar-refractivity contribution in [3.05, 3.63) is 59.9 Å². The second-order valence-corrected chi connectivity index (χ2v) is 7.48. The number of nitrogens with two attached hydrogens (primary N) is 1. The summed E-state index contributed by atoms with van der Waals surface area (Å²) in [7, 11) is 1.73. The van der Waals surface area contributed by atoms with Crippen molar-refractivity contribution in [1.82, 2.24) is 24.4 Å². The molecule has 10 heteroatoms. The minimum atomic E-state index is -4.48. The zero-order chi connectivity index (χ0) is 22.2. The zero-order valence-corrected chi connectivity index (χ0v) is 16.8. The molecule has 0 spiro atoms. The zero-order valence-electron chi connectivity index (χ0n) is 16.8. The van der Waals surface area contributed by atoms with Gasteiger partial charge in [-0.05, 0) is 37.0 Å². The van der Waals surface area contributed by atoms with Gasteiger partial charge in [-0.25, -0.2) is 15.0 Å². The first kappa shape index (κ1) is 20.8. The van der Waals surface area contributed by atoms with Crippen LogP contribution in [0.2, 0.25) is 0 Å². The number of halogens is 3. The maximum absolute atomic E-state index is 13.3. The van der Waals surface area contributed by atoms with Gasteiger partial charge in [0.1, 0.15) is 0 Å². The van der Waals surface area contributed by atoms with Crippen LogP contribution in [0.3, 0.4) is 0 Å². The molecule has 1 unspecified atom stereocenters. The van der Waals surface area contributed by atoms with Crippen LogP contribution in [-0.4, -0.2) is 36.9 Å². The van der Waals surface area contributed by atoms with Crippen molar-refractivity contribution in [1.29, 1.82) is 0 Å². The Morgan fingerprint density at radius 3 is 2.74 bits per heavy atom. The van der Waals surface area contributed by atoms with Crippen LogP contribution in [0.4, 0.5) is 19.1 Å². The third-order valence-electron chi connectivity index (χ3n) is 5.43. The SMILES string of the molecule is Cn1ccnc1C(=O)N1CCCCC1c1nc(N)ncc1-c1cccc(C(F)(F)F)c1. The van der Waals surface area contributed by atoms with E-state index in [1.165, 1.54) is 12.3 Å². The van der Waals surface area contributed by atoms with Gasteiger partial charge in [-0.1, -0.05) is 12.1 Å². The third-order valence-corrected chi connectivity index (χ3v) is 5.43. The molecule has 0 bridgehead atoms. The Morgan fingerprint density at radius 2 is 2.03 bits per heavy atom. The summed E-state index contributed by atoms with van der Waals surface area (Å²) >= 11 is 0. The second kappa shape index (κ2) is 8.01. The van der Waals surface area contributed by atoms with E-state index in [1.807, 2.05) is 0 Å². The number of anilines is 1. The molecule has 1 saturated heterocycles. The van der Waals surface area contributed by atoms with Gasteiger partial charge in [-0.15, -0.1) is 0 Å². The fraction of sp³-hybridized carbons (Fsp3) is 0.333. The number of nitrogen functional groups attached to an aromatic ring is 1. The van der Waals surface area contributed by atoms with Crippen molar-refractivity contribution < 1.29 is 18.0 Å². The van der Waals surface area contributed by atoms with E-state index in [1.54, 1.807) is 35.0 Å². The molecule has 2 aromatic heterocycles. The monoisotopic (exact) mass is 430 g/mol. The molecule has 1 atom stereocenters. The van der Waals surface area contributed by atoms with Crippen LogP contribution in [0.25, 0.3) is 11.1 Å². The van der Waals surface area contributed by atoms with Gasteiger partial charge in [-0.3, -0.25) is 4.79 Å². The number of benzene rings is 1. The normalized spacial score (nSPS) is 17.0. The maximum atomic E-state index is 13.3. The smallest absolute Gasteiger partial charge is 0.368 e. The van der Waals surface area contributed by atoms with Crippen molar-refractivity contribution >= 4 is 11.9 Å². The molecule has 31 heavy (non-hydrogen) atoms. The highest BCUT2D eigenvalue weighted by Crippen LogP contribution is 2.38. The van der Waals surface area contributed by atoms with Gasteiger partial charge in [0.25, 0.3) is 5.91 Å². The summed E-state index contributed by atoms with van der Waals surface area (Å²) in [5.41, 5.74) is 6.24. The lowest BCUT2D eigenvalue weighted by Crippen LogP contribution is -2.40. The van der Waals surface area contributed by atoms with Gasteiger partial charge in [0, 0.05) is 37.7 Å². The molecule has 1 fully saturated rings. The minimum Gasteiger partial charge on any atom is -0.368 e. The van der Waals surface area contributed by atoms with Gasteiger partial charge in [-0.2, -0.15) is 13.2 Å². The number of amides is 1. The highest BCUT2D eigenvalue weighted by molar-refractivity contribution is 5.91. The first-order chi connectivity index (χ1) is 14.8. The number of hydrogen-bond donors (Lipinski definition) is 1. The summed E-state index contributed by atoms with van der Waals surface area (Å²) in [5.74, 6) is 0.0274. The van der Waals surface area contributed by atoms with E-state index in [0.717, 1.165) is 25.0 Å². The summed E-state index contributed by atoms with van der Waals surface area (Å²) in [6, 6.07) is 4.54. The number of aromatic nitrogens is 4. The van der Waals surface area contributed by atoms with E-state index in [4.69, 9.17) is 5.73 Å². The fourth-order valence-corrected chi connectivity index (χ4v) is 3.91. The number of carbonyl (C=O) groups is 1. The quantitative estimate of drug-likeness (QED) is 0.682. The molecule has 0 aliphatic carbocycles. The van der Waals surface area contributed by atoms with Crippen molar-refractivity contribution in [2.75, 3.05) is 12.3 Å². The molecule has 1 aliphatic rings. The van der Waals surface area contributed by atoms with Crippen molar-refractivity contribution in [2.45, 2.75) is 31.5 Å². The van der Waals surface area contributed by atoms with E-state index in [-0.39, 0.29) is 17.7 Å². The molecule has 7 nitrogen and oxygen atoms in total. The van der Waals surface area contributed by atoms with Gasteiger partial charge in [0.05, 0.1) is 17.3 Å². The number of nitrogens with zero attached hydrogens (tertiary/aromatic N) is 5. The lowest BCUT2D eigenvalue weighted by Gasteiger charge is -2.36. The molecule has 1 aliphatic heterocycles. The van der Waals surface area contributed by atoms with E-state index < -0.39 is 17.8 Å². The molecule has 162 valence electrons. The van der Waals surface area contributed by atoms with E-state index in [2.05, 4.69) is 15.0 Å². The predicted molar refractivity (Wildman–Crippen MR) is 108 cm³/mol. The number of rotatable bonds is 3. The van der Waals surface area contributed by atoms with Crippen LogP contribution >= 0.6 is 0 Å². The molecule has 2 N–H and O–H groups in total. The standard InChI is InChI=1S/C21H21F3N6O/c1-29-10-8-26-18(29)19(31)30-9-3-2-7-16(30)17-15(12-27-20(25)28-17)13-5-4-6-14(11-13)21(22,23)24/h4-6,8,10-12,16H,2-3,7,9H2,1H3,(H2,25,27,28). The number of aryl methyl sites for hydroxylation is 1. The van der Waals surface area contributed by atoms with Crippen molar-refractivity contribution in [2.24, 2.45) is 7.05 Å². The Balaban J connectivity index is 1.79. The Kier molecular flexibility index (Phi) is 5.38. The molecular weight excluding hydrogens is 409 g/mol. The number of piperidine rings is 1. The van der Waals surface area contributed by atoms with Crippen LogP contribution in [0.5, 0.6) is 0 Å². The molecule has 3 aromatic rings. The average molecular weight is 430 g/mol. The molecule has 0 saturated carbocycles. The number of carbonyl (C=O) groups excluding carboxylic acids is 1. The van der Waals surface area contributed by atoms with Gasteiger partial charge >= 0.3 is 6.18 Å². The summed E-state index contributed by atoms with van der Waals surface area (Å²) in [6.07, 6.45) is 2.44. The van der Waals surface area contributed by atoms with Crippen LogP contribution < -0.4 is 5.73 Å². The number of hydrogen-bond acceptors (Lipinski definition) is 5. The highest BCUT2D eigenvalue weighted by atomic mass is 19.4. The topological polar surface area (TPSA) is 89.9 Å². The number of alkyl halides is 3.